The molecule has 1 aliphatic rings. The van der Waals surface area contributed by atoms with Crippen molar-refractivity contribution < 1.29 is 14.2 Å². The molecular weight excluding hydrogens is 314 g/mol. The third-order valence-corrected chi connectivity index (χ3v) is 4.17. The first-order chi connectivity index (χ1) is 10.1. The van der Waals surface area contributed by atoms with Crippen LogP contribution in [0.25, 0.3) is 0 Å². The number of hydrogen-bond donors (Lipinski definition) is 1. The summed E-state index contributed by atoms with van der Waals surface area (Å²) in [5, 5.41) is 11.3. The summed E-state index contributed by atoms with van der Waals surface area (Å²) >= 11 is 12.1. The van der Waals surface area contributed by atoms with Crippen LogP contribution in [0.1, 0.15) is 22.8 Å². The second kappa shape index (κ2) is 5.84. The fourth-order valence-corrected chi connectivity index (χ4v) is 3.07. The van der Waals surface area contributed by atoms with Crippen molar-refractivity contribution in [1.82, 2.24) is 0 Å². The van der Waals surface area contributed by atoms with Crippen LogP contribution in [0.2, 0.25) is 10.0 Å². The lowest BCUT2D eigenvalue weighted by molar-refractivity contribution is 0.172. The zero-order chi connectivity index (χ0) is 15.0. The minimum absolute atomic E-state index is 0.0711. The number of halogens is 3. The van der Waals surface area contributed by atoms with Crippen molar-refractivity contribution in [3.05, 3.63) is 62.9 Å². The molecule has 3 rings (SSSR count). The van der Waals surface area contributed by atoms with Crippen molar-refractivity contribution in [3.63, 3.8) is 0 Å². The second-order valence-corrected chi connectivity index (χ2v) is 5.85. The molecule has 1 atom stereocenters. The van der Waals surface area contributed by atoms with E-state index in [1.54, 1.807) is 12.1 Å². The lowest BCUT2D eigenvalue weighted by Gasteiger charge is -2.16. The molecule has 1 unspecified atom stereocenters. The van der Waals surface area contributed by atoms with Gasteiger partial charge in [0.15, 0.2) is 0 Å². The highest BCUT2D eigenvalue weighted by molar-refractivity contribution is 6.31. The number of hydrogen-bond acceptors (Lipinski definition) is 2. The molecule has 0 bridgehead atoms. The quantitative estimate of drug-likeness (QED) is 0.908. The van der Waals surface area contributed by atoms with Crippen LogP contribution in [0.3, 0.4) is 0 Å². The van der Waals surface area contributed by atoms with Gasteiger partial charge in [-0.05, 0) is 29.8 Å². The minimum Gasteiger partial charge on any atom is -0.493 e. The Kier molecular flexibility index (Phi) is 4.07. The van der Waals surface area contributed by atoms with Gasteiger partial charge in [0.05, 0.1) is 12.7 Å². The largest absolute Gasteiger partial charge is 0.493 e. The third kappa shape index (κ3) is 2.86. The van der Waals surface area contributed by atoms with Crippen molar-refractivity contribution in [2.24, 2.45) is 0 Å². The Morgan fingerprint density at radius 3 is 2.86 bits per heavy atom. The number of aliphatic hydroxyl groups is 1. The Morgan fingerprint density at radius 2 is 2.10 bits per heavy atom. The summed E-state index contributed by atoms with van der Waals surface area (Å²) in [5.41, 5.74) is 1.84. The summed E-state index contributed by atoms with van der Waals surface area (Å²) in [6.07, 6.45) is -0.0949. The van der Waals surface area contributed by atoms with Gasteiger partial charge in [0.25, 0.3) is 0 Å². The van der Waals surface area contributed by atoms with Gasteiger partial charge in [-0.2, -0.15) is 0 Å². The van der Waals surface area contributed by atoms with E-state index in [0.29, 0.717) is 33.5 Å². The molecule has 1 N–H and O–H groups in total. The molecule has 110 valence electrons. The highest BCUT2D eigenvalue weighted by atomic mass is 35.5. The zero-order valence-corrected chi connectivity index (χ0v) is 12.6. The Morgan fingerprint density at radius 1 is 1.29 bits per heavy atom. The van der Waals surface area contributed by atoms with Crippen LogP contribution < -0.4 is 4.74 Å². The molecule has 1 heterocycles. The van der Waals surface area contributed by atoms with Crippen LogP contribution in [0.5, 0.6) is 5.75 Å². The third-order valence-electron chi connectivity index (χ3n) is 3.60. The van der Waals surface area contributed by atoms with Gasteiger partial charge in [-0.3, -0.25) is 0 Å². The number of benzene rings is 2. The van der Waals surface area contributed by atoms with Gasteiger partial charge in [-0.25, -0.2) is 4.39 Å². The van der Waals surface area contributed by atoms with E-state index in [1.807, 2.05) is 6.07 Å². The molecule has 0 saturated carbocycles. The van der Waals surface area contributed by atoms with Crippen LogP contribution >= 0.6 is 23.2 Å². The van der Waals surface area contributed by atoms with Gasteiger partial charge < -0.3 is 9.84 Å². The van der Waals surface area contributed by atoms with Gasteiger partial charge in [0.2, 0.25) is 0 Å². The highest BCUT2D eigenvalue weighted by Gasteiger charge is 2.23. The summed E-state index contributed by atoms with van der Waals surface area (Å²) in [6.45, 7) is 0.565. The second-order valence-electron chi connectivity index (χ2n) is 5.00. The Hall–Kier alpha value is -1.29. The first-order valence-electron chi connectivity index (χ1n) is 6.62. The molecule has 2 nitrogen and oxygen atoms in total. The van der Waals surface area contributed by atoms with Gasteiger partial charge in [0, 0.05) is 34.0 Å². The summed E-state index contributed by atoms with van der Waals surface area (Å²) in [4.78, 5) is 0. The molecule has 2 aromatic rings. The maximum Gasteiger partial charge on any atom is 0.128 e. The number of aliphatic hydroxyl groups excluding tert-OH is 1. The molecule has 0 fully saturated rings. The smallest absolute Gasteiger partial charge is 0.128 e. The SMILES string of the molecule is OC(Cc1c(F)cccc1Cl)c1cc(Cl)cc2c1OCC2. The summed E-state index contributed by atoms with van der Waals surface area (Å²) < 4.78 is 19.4. The Bertz CT molecular complexity index is 668. The standard InChI is InChI=1S/C16H13Cl2FO2/c17-10-6-9-4-5-21-16(9)12(7-10)15(20)8-11-13(18)2-1-3-14(11)19/h1-3,6-7,15,20H,4-5,8H2. The monoisotopic (exact) mass is 326 g/mol. The zero-order valence-electron chi connectivity index (χ0n) is 11.1. The van der Waals surface area contributed by atoms with E-state index in [-0.39, 0.29) is 6.42 Å². The average Bonchev–Trinajstić information content (AvgIpc) is 2.90. The number of rotatable bonds is 3. The number of fused-ring (bicyclic) bond motifs is 1. The molecule has 0 aromatic heterocycles. The van der Waals surface area contributed by atoms with Crippen LogP contribution in [-0.2, 0) is 12.8 Å². The molecule has 0 spiro atoms. The van der Waals surface area contributed by atoms with Gasteiger partial charge in [-0.15, -0.1) is 0 Å². The molecule has 2 aromatic carbocycles. The van der Waals surface area contributed by atoms with E-state index < -0.39 is 11.9 Å². The lowest BCUT2D eigenvalue weighted by atomic mass is 9.98. The van der Waals surface area contributed by atoms with Crippen LogP contribution in [0.15, 0.2) is 30.3 Å². The van der Waals surface area contributed by atoms with Crippen LogP contribution in [0.4, 0.5) is 4.39 Å². The molecule has 21 heavy (non-hydrogen) atoms. The van der Waals surface area contributed by atoms with E-state index in [0.717, 1.165) is 12.0 Å². The van der Waals surface area contributed by atoms with E-state index >= 15 is 0 Å². The van der Waals surface area contributed by atoms with Crippen molar-refractivity contribution in [2.45, 2.75) is 18.9 Å². The predicted molar refractivity (Wildman–Crippen MR) is 80.7 cm³/mol. The van der Waals surface area contributed by atoms with E-state index in [4.69, 9.17) is 27.9 Å². The van der Waals surface area contributed by atoms with Crippen LogP contribution in [0, 0.1) is 5.82 Å². The van der Waals surface area contributed by atoms with Gasteiger partial charge in [-0.1, -0.05) is 29.3 Å². The van der Waals surface area contributed by atoms with Crippen molar-refractivity contribution in [3.8, 4) is 5.75 Å². The number of ether oxygens (including phenoxy) is 1. The molecule has 0 radical (unpaired) electrons. The molecule has 5 heteroatoms. The Balaban J connectivity index is 1.95. The Labute approximate surface area is 132 Å². The van der Waals surface area contributed by atoms with Crippen molar-refractivity contribution >= 4 is 23.2 Å². The fourth-order valence-electron chi connectivity index (χ4n) is 2.58. The fraction of sp³-hybridized carbons (Fsp3) is 0.250. The predicted octanol–water partition coefficient (Wildman–Crippen LogP) is 4.34. The topological polar surface area (TPSA) is 29.5 Å². The summed E-state index contributed by atoms with van der Waals surface area (Å²) in [6, 6.07) is 7.95. The van der Waals surface area contributed by atoms with E-state index in [2.05, 4.69) is 0 Å². The summed E-state index contributed by atoms with van der Waals surface area (Å²) in [5.74, 6) is 0.223. The minimum atomic E-state index is -0.926. The van der Waals surface area contributed by atoms with E-state index in [9.17, 15) is 9.50 Å². The average molecular weight is 327 g/mol. The molecular formula is C16H13Cl2FO2. The maximum absolute atomic E-state index is 13.8. The van der Waals surface area contributed by atoms with Crippen LogP contribution in [-0.4, -0.2) is 11.7 Å². The highest BCUT2D eigenvalue weighted by Crippen LogP contribution is 2.38. The van der Waals surface area contributed by atoms with Gasteiger partial charge in [0.1, 0.15) is 11.6 Å². The maximum atomic E-state index is 13.8. The van der Waals surface area contributed by atoms with E-state index in [1.165, 1.54) is 12.1 Å². The van der Waals surface area contributed by atoms with Crippen molar-refractivity contribution in [1.29, 1.82) is 0 Å². The first kappa shape index (κ1) is 14.6. The first-order valence-corrected chi connectivity index (χ1v) is 7.38. The molecule has 0 saturated heterocycles. The molecule has 1 aliphatic heterocycles. The normalized spacial score (nSPS) is 14.7. The molecule has 0 aliphatic carbocycles. The molecule has 0 amide bonds. The van der Waals surface area contributed by atoms with Gasteiger partial charge >= 0.3 is 0 Å². The lowest BCUT2D eigenvalue weighted by Crippen LogP contribution is -2.06. The van der Waals surface area contributed by atoms with Crippen molar-refractivity contribution in [2.75, 3.05) is 6.61 Å². The summed E-state index contributed by atoms with van der Waals surface area (Å²) in [7, 11) is 0.